The number of carbonyl (C=O) groups is 6. The van der Waals surface area contributed by atoms with Gasteiger partial charge in [-0.05, 0) is 82.7 Å². The number of anilines is 1. The lowest BCUT2D eigenvalue weighted by Gasteiger charge is -2.41. The molecule has 64 heavy (non-hydrogen) atoms. The topological polar surface area (TPSA) is 229 Å². The average Bonchev–Trinajstić information content (AvgIpc) is 3.71. The summed E-state index contributed by atoms with van der Waals surface area (Å²) in [6, 6.07) is 4.91. The molecule has 11 atom stereocenters. The van der Waals surface area contributed by atoms with E-state index in [4.69, 9.17) is 15.2 Å². The van der Waals surface area contributed by atoms with Gasteiger partial charge in [-0.3, -0.25) is 33.7 Å². The summed E-state index contributed by atoms with van der Waals surface area (Å²) in [4.78, 5) is 86.1. The number of benzene rings is 1. The minimum absolute atomic E-state index is 0.0182. The first kappa shape index (κ1) is 55.5. The number of hydrogen-bond acceptors (Lipinski definition) is 11. The van der Waals surface area contributed by atoms with E-state index in [0.29, 0.717) is 37.9 Å². The number of likely N-dealkylation sites (N-methyl/N-ethyl adjacent to an activating group) is 2. The second-order valence-corrected chi connectivity index (χ2v) is 18.5. The molecule has 0 saturated carbocycles. The van der Waals surface area contributed by atoms with Crippen LogP contribution in [0.3, 0.4) is 0 Å². The molecule has 2 rings (SSSR count). The summed E-state index contributed by atoms with van der Waals surface area (Å²) >= 11 is 0. The van der Waals surface area contributed by atoms with Gasteiger partial charge in [0.15, 0.2) is 0 Å². The van der Waals surface area contributed by atoms with Gasteiger partial charge in [-0.15, -0.1) is 0 Å². The summed E-state index contributed by atoms with van der Waals surface area (Å²) in [5, 5.41) is 21.1. The zero-order chi connectivity index (χ0) is 48.6. The molecule has 1 heterocycles. The Morgan fingerprint density at radius 3 is 2.08 bits per heavy atom. The Kier molecular flexibility index (Phi) is 22.9. The van der Waals surface area contributed by atoms with Crippen molar-refractivity contribution < 1.29 is 38.2 Å². The number of ether oxygens (including phenoxy) is 2. The number of amides is 6. The fourth-order valence-electron chi connectivity index (χ4n) is 8.75. The number of nitrogens with one attached hydrogen (secondary N) is 4. The van der Waals surface area contributed by atoms with E-state index in [2.05, 4.69) is 27.3 Å². The third-order valence-corrected chi connectivity index (χ3v) is 12.5. The molecule has 17 heteroatoms. The van der Waals surface area contributed by atoms with E-state index in [1.807, 2.05) is 66.6 Å². The number of rotatable bonds is 25. The van der Waals surface area contributed by atoms with Gasteiger partial charge in [0, 0.05) is 39.5 Å². The van der Waals surface area contributed by atoms with Crippen molar-refractivity contribution in [3.8, 4) is 6.07 Å². The smallest absolute Gasteiger partial charge is 0.246 e. The number of likely N-dealkylation sites (tertiary alicyclic amines) is 1. The molecule has 6 amide bonds. The maximum absolute atomic E-state index is 14.3. The second-order valence-electron chi connectivity index (χ2n) is 18.5. The summed E-state index contributed by atoms with van der Waals surface area (Å²) in [7, 11) is 8.47. The molecule has 1 aromatic carbocycles. The number of nitrogens with two attached hydrogens (primary N) is 1. The van der Waals surface area contributed by atoms with Gasteiger partial charge >= 0.3 is 0 Å². The lowest BCUT2D eigenvalue weighted by atomic mass is 9.89. The Morgan fingerprint density at radius 2 is 1.55 bits per heavy atom. The predicted molar refractivity (Wildman–Crippen MR) is 247 cm³/mol. The highest BCUT2D eigenvalue weighted by Gasteiger charge is 2.43. The van der Waals surface area contributed by atoms with Crippen molar-refractivity contribution in [1.82, 2.24) is 30.7 Å². The van der Waals surface area contributed by atoms with Crippen LogP contribution in [-0.4, -0.2) is 147 Å². The van der Waals surface area contributed by atoms with Crippen molar-refractivity contribution in [3.05, 3.63) is 29.8 Å². The van der Waals surface area contributed by atoms with E-state index in [-0.39, 0.29) is 54.2 Å². The molecule has 0 aromatic heterocycles. The van der Waals surface area contributed by atoms with Gasteiger partial charge in [0.25, 0.3) is 0 Å². The summed E-state index contributed by atoms with van der Waals surface area (Å²) in [5.74, 6) is -2.83. The normalized spacial score (nSPS) is 18.7. The highest BCUT2D eigenvalue weighted by molar-refractivity contribution is 5.97. The maximum atomic E-state index is 14.3. The van der Waals surface area contributed by atoms with Crippen molar-refractivity contribution >= 4 is 41.1 Å². The molecule has 17 nitrogen and oxygen atoms in total. The molecule has 360 valence electrons. The fraction of sp³-hybridized carbons (Fsp3) is 0.723. The van der Waals surface area contributed by atoms with E-state index >= 15 is 0 Å². The largest absolute Gasteiger partial charge is 0.379 e. The molecule has 1 saturated heterocycles. The first-order valence-corrected chi connectivity index (χ1v) is 22.8. The molecular formula is C47H79N9O8. The van der Waals surface area contributed by atoms with Crippen LogP contribution in [0, 0.1) is 35.0 Å². The summed E-state index contributed by atoms with van der Waals surface area (Å²) in [5.41, 5.74) is 6.86. The summed E-state index contributed by atoms with van der Waals surface area (Å²) in [6.07, 6.45) is 0.986. The molecular weight excluding hydrogens is 819 g/mol. The quantitative estimate of drug-likeness (QED) is 0.0959. The van der Waals surface area contributed by atoms with Crippen LogP contribution >= 0.6 is 0 Å². The van der Waals surface area contributed by atoms with Gasteiger partial charge in [0.05, 0.1) is 61.2 Å². The van der Waals surface area contributed by atoms with Crippen molar-refractivity contribution in [3.63, 3.8) is 0 Å². The molecule has 1 aliphatic rings. The highest BCUT2D eigenvalue weighted by atomic mass is 16.5. The number of hydrogen-bond donors (Lipinski definition) is 5. The van der Waals surface area contributed by atoms with Gasteiger partial charge in [-0.1, -0.05) is 67.0 Å². The Morgan fingerprint density at radius 1 is 0.891 bits per heavy atom. The Labute approximate surface area is 382 Å². The van der Waals surface area contributed by atoms with Crippen LogP contribution in [0.4, 0.5) is 5.69 Å². The minimum Gasteiger partial charge on any atom is -0.379 e. The Bertz CT molecular complexity index is 1740. The van der Waals surface area contributed by atoms with Gasteiger partial charge < -0.3 is 46.3 Å². The first-order chi connectivity index (χ1) is 30.0. The lowest BCUT2D eigenvalue weighted by molar-refractivity contribution is -0.148. The minimum atomic E-state index is -0.829. The van der Waals surface area contributed by atoms with Crippen LogP contribution in [-0.2, 0) is 44.7 Å². The van der Waals surface area contributed by atoms with Crippen molar-refractivity contribution in [2.24, 2.45) is 29.4 Å². The number of methoxy groups -OCH3 is 2. The molecule has 0 radical (unpaired) electrons. The Hall–Kier alpha value is -4.63. The summed E-state index contributed by atoms with van der Waals surface area (Å²) < 4.78 is 12.0. The molecule has 1 fully saturated rings. The van der Waals surface area contributed by atoms with E-state index in [1.54, 1.807) is 56.0 Å². The number of nitriles is 1. The van der Waals surface area contributed by atoms with E-state index in [9.17, 15) is 34.0 Å². The standard InChI is InChI=1S/C47H79N9O8/c1-15-29(6)41(55(12)47(62)39(27(2)3)53-46(61)40(28(4)5)54(10)11)37(63-13)26-38(57)56-23-17-20-36(56)42(64-14)30(7)43(58)51-35(21-22-48)25-33-18-16-19-34(24-33)52-45(60)32(9)50-44(59)31(8)49/h16,18-19,24,27-32,35-37,39-42H,15,17,20-21,23,25-26,49H2,1-14H3,(H,50,59)(H,51,58)(H,52,60)(H,53,61)/t29-,30+,31-,32-,35+,36-,37+,39-,40-,41-,42+/m0/s1. The number of nitrogens with zero attached hydrogens (tertiary/aromatic N) is 4. The first-order valence-electron chi connectivity index (χ1n) is 22.8. The molecule has 1 aliphatic heterocycles. The predicted octanol–water partition coefficient (Wildman–Crippen LogP) is 3.07. The lowest BCUT2D eigenvalue weighted by Crippen LogP contribution is -2.59. The molecule has 1 aromatic rings. The molecule has 0 bridgehead atoms. The molecule has 0 unspecified atom stereocenters. The fourth-order valence-corrected chi connectivity index (χ4v) is 8.75. The molecule has 6 N–H and O–H groups in total. The van der Waals surface area contributed by atoms with Gasteiger partial charge in [-0.2, -0.15) is 5.26 Å². The third kappa shape index (κ3) is 15.5. The van der Waals surface area contributed by atoms with E-state index in [0.717, 1.165) is 5.56 Å². The molecule has 0 spiro atoms. The van der Waals surface area contributed by atoms with Crippen LogP contribution in [0.1, 0.15) is 100.0 Å². The van der Waals surface area contributed by atoms with Crippen molar-refractivity contribution in [1.29, 1.82) is 5.26 Å². The summed E-state index contributed by atoms with van der Waals surface area (Å²) in [6.45, 7) is 17.1. The van der Waals surface area contributed by atoms with Crippen LogP contribution in [0.2, 0.25) is 0 Å². The number of carbonyl (C=O) groups excluding carboxylic acids is 6. The van der Waals surface area contributed by atoms with Gasteiger partial charge in [-0.25, -0.2) is 0 Å². The Balaban J connectivity index is 2.25. The maximum Gasteiger partial charge on any atom is 0.246 e. The van der Waals surface area contributed by atoms with Crippen molar-refractivity contribution in [2.75, 3.05) is 47.2 Å². The van der Waals surface area contributed by atoms with Gasteiger partial charge in [0.1, 0.15) is 12.1 Å². The van der Waals surface area contributed by atoms with Crippen molar-refractivity contribution in [2.45, 2.75) is 155 Å². The highest BCUT2D eigenvalue weighted by Crippen LogP contribution is 2.30. The average molecular weight is 898 g/mol. The van der Waals surface area contributed by atoms with Crippen LogP contribution in [0.15, 0.2) is 24.3 Å². The third-order valence-electron chi connectivity index (χ3n) is 12.5. The SMILES string of the molecule is CC[C@H](C)[C@@H]([C@@H](CC(=O)N1CCC[C@H]1[C@H](OC)[C@@H](C)C(=O)N[C@H](CC#N)Cc1cccc(NC(=O)[C@H](C)NC(=O)[C@H](C)N)c1)OC)N(C)C(=O)[C@@H](NC(=O)[C@H](C(C)C)N(C)C)C(C)C. The van der Waals surface area contributed by atoms with Crippen LogP contribution in [0.25, 0.3) is 0 Å². The second kappa shape index (κ2) is 26.4. The zero-order valence-electron chi connectivity index (χ0n) is 40.9. The van der Waals surface area contributed by atoms with Crippen LogP contribution in [0.5, 0.6) is 0 Å². The monoisotopic (exact) mass is 898 g/mol. The zero-order valence-corrected chi connectivity index (χ0v) is 40.9. The van der Waals surface area contributed by atoms with E-state index < -0.39 is 72.2 Å². The molecule has 0 aliphatic carbocycles. The van der Waals surface area contributed by atoms with E-state index in [1.165, 1.54) is 14.0 Å². The van der Waals surface area contributed by atoms with Crippen LogP contribution < -0.4 is 27.0 Å². The van der Waals surface area contributed by atoms with Gasteiger partial charge in [0.2, 0.25) is 35.4 Å².